The van der Waals surface area contributed by atoms with Gasteiger partial charge >= 0.3 is 23.9 Å². The van der Waals surface area contributed by atoms with Gasteiger partial charge in [-0.05, 0) is 90.0 Å². The Labute approximate surface area is 536 Å². The Morgan fingerprint density at radius 3 is 1.66 bits per heavy atom. The lowest BCUT2D eigenvalue weighted by molar-refractivity contribution is -0.146. The number of rotatable bonds is 52. The van der Waals surface area contributed by atoms with Crippen molar-refractivity contribution in [1.29, 1.82) is 0 Å². The number of carboxylic acid groups (broad SMARTS) is 4. The summed E-state index contributed by atoms with van der Waals surface area (Å²) in [5.41, 5.74) is 6.09. The van der Waals surface area contributed by atoms with E-state index in [1.165, 1.54) is 54.9 Å². The van der Waals surface area contributed by atoms with Crippen molar-refractivity contribution in [2.45, 2.75) is 217 Å². The molecule has 2 aliphatic rings. The van der Waals surface area contributed by atoms with E-state index in [2.05, 4.69) is 41.9 Å². The molecule has 31 nitrogen and oxygen atoms in total. The predicted molar refractivity (Wildman–Crippen MR) is 331 cm³/mol. The standard InChI is InChI=1S/C61H100N12O19/c1-42(74)72-31-19-23-49(72)61(90)73-32-18-22-48(73)60(89)70-47(36-43-37-63-41-66-43)59(88)69-46(26-27-53(79)80)58(87)68-45(21-15-17-30-71(38-54(81)82)39-55(83)84)57(86)67-44(56(62)85)20-14-16-28-64-51(76)40-92-35-34-91-33-29-65-50(75)24-12-10-8-6-4-2-3-5-7-9-11-13-25-52(77)78/h37,41,44-49H,2-36,38-40H2,1H3,(H2,62,85)(H,63,66)(H,64,76)(H,65,75)(H,67,86)(H,68,87)(H,69,88)(H,70,89)(H,77,78)(H,79,80)(H,81,82)(H,83,84)/t44-,45-,46-,47-,48-,49-/m0/s1. The summed E-state index contributed by atoms with van der Waals surface area (Å²) in [5.74, 6) is -10.4. The number of unbranched alkanes of at least 4 members (excludes halogenated alkanes) is 13. The van der Waals surface area contributed by atoms with Crippen LogP contribution < -0.4 is 37.6 Å². The van der Waals surface area contributed by atoms with Crippen molar-refractivity contribution in [2.75, 3.05) is 72.2 Å². The first-order chi connectivity index (χ1) is 44.1. The molecule has 92 heavy (non-hydrogen) atoms. The molecule has 3 heterocycles. The molecule has 3 rings (SSSR count). The van der Waals surface area contributed by atoms with E-state index in [1.807, 2.05) is 0 Å². The van der Waals surface area contributed by atoms with E-state index in [0.29, 0.717) is 50.9 Å². The van der Waals surface area contributed by atoms with Gasteiger partial charge in [-0.1, -0.05) is 64.2 Å². The third-order valence-electron chi connectivity index (χ3n) is 15.9. The third kappa shape index (κ3) is 33.5. The average molecular weight is 1310 g/mol. The summed E-state index contributed by atoms with van der Waals surface area (Å²) in [5, 5.41) is 52.9. The lowest BCUT2D eigenvalue weighted by Crippen LogP contribution is -2.59. The quantitative estimate of drug-likeness (QED) is 0.0403. The molecule has 31 heteroatoms. The Bertz CT molecular complexity index is 2490. The van der Waals surface area contributed by atoms with Gasteiger partial charge in [0.2, 0.25) is 53.2 Å². The molecule has 518 valence electrons. The molecular formula is C61H100N12O19. The molecule has 13 N–H and O–H groups in total. The van der Waals surface area contributed by atoms with Crippen LogP contribution in [0.2, 0.25) is 0 Å². The van der Waals surface area contributed by atoms with Crippen LogP contribution in [0.5, 0.6) is 0 Å². The summed E-state index contributed by atoms with van der Waals surface area (Å²) in [6, 6.07) is -7.66. The fourth-order valence-electron chi connectivity index (χ4n) is 11.0. The van der Waals surface area contributed by atoms with Gasteiger partial charge in [-0.3, -0.25) is 67.2 Å². The van der Waals surface area contributed by atoms with Crippen LogP contribution in [0.1, 0.15) is 180 Å². The summed E-state index contributed by atoms with van der Waals surface area (Å²) in [6.07, 6.45) is 17.0. The van der Waals surface area contributed by atoms with Crippen LogP contribution in [0.3, 0.4) is 0 Å². The van der Waals surface area contributed by atoms with Crippen molar-refractivity contribution in [3.8, 4) is 0 Å². The summed E-state index contributed by atoms with van der Waals surface area (Å²) < 4.78 is 10.9. The molecule has 0 radical (unpaired) electrons. The minimum atomic E-state index is -1.65. The largest absolute Gasteiger partial charge is 0.481 e. The van der Waals surface area contributed by atoms with Gasteiger partial charge < -0.3 is 82.3 Å². The van der Waals surface area contributed by atoms with Crippen molar-refractivity contribution in [3.63, 3.8) is 0 Å². The molecule has 0 aliphatic carbocycles. The Morgan fingerprint density at radius 1 is 0.565 bits per heavy atom. The van der Waals surface area contributed by atoms with Crippen molar-refractivity contribution < 1.29 is 92.2 Å². The van der Waals surface area contributed by atoms with Gasteiger partial charge in [-0.15, -0.1) is 0 Å². The Balaban J connectivity index is 1.51. The van der Waals surface area contributed by atoms with E-state index in [9.17, 15) is 77.6 Å². The first-order valence-corrected chi connectivity index (χ1v) is 32.4. The van der Waals surface area contributed by atoms with Crippen LogP contribution in [-0.2, 0) is 78.2 Å². The van der Waals surface area contributed by atoms with E-state index in [1.54, 1.807) is 0 Å². The fourth-order valence-corrected chi connectivity index (χ4v) is 11.0. The second-order valence-corrected chi connectivity index (χ2v) is 23.4. The summed E-state index contributed by atoms with van der Waals surface area (Å²) in [7, 11) is 0. The van der Waals surface area contributed by atoms with Gasteiger partial charge in [-0.2, -0.15) is 0 Å². The van der Waals surface area contributed by atoms with Crippen molar-refractivity contribution >= 4 is 77.0 Å². The molecule has 1 aromatic rings. The highest BCUT2D eigenvalue weighted by atomic mass is 16.5. The molecular weight excluding hydrogens is 1200 g/mol. The van der Waals surface area contributed by atoms with Gasteiger partial charge in [0.05, 0.1) is 39.2 Å². The number of aromatic amines is 1. The van der Waals surface area contributed by atoms with Crippen molar-refractivity contribution in [2.24, 2.45) is 5.73 Å². The van der Waals surface area contributed by atoms with Crippen molar-refractivity contribution in [1.82, 2.24) is 56.6 Å². The molecule has 2 fully saturated rings. The lowest BCUT2D eigenvalue weighted by Gasteiger charge is -2.31. The molecule has 0 aromatic carbocycles. The Morgan fingerprint density at radius 2 is 1.09 bits per heavy atom. The number of carbonyl (C=O) groups is 13. The fraction of sp³-hybridized carbons (Fsp3) is 0.738. The summed E-state index contributed by atoms with van der Waals surface area (Å²) in [4.78, 5) is 176. The third-order valence-corrected chi connectivity index (χ3v) is 15.9. The number of imidazole rings is 1. The monoisotopic (exact) mass is 1300 g/mol. The van der Waals surface area contributed by atoms with Gasteiger partial charge in [0, 0.05) is 70.7 Å². The van der Waals surface area contributed by atoms with E-state index in [4.69, 9.17) is 20.3 Å². The number of aliphatic carboxylic acids is 4. The minimum absolute atomic E-state index is 0.0144. The molecule has 2 saturated heterocycles. The lowest BCUT2D eigenvalue weighted by atomic mass is 10.0. The number of nitrogens with one attached hydrogen (secondary N) is 7. The molecule has 9 amide bonds. The molecule has 6 atom stereocenters. The second-order valence-electron chi connectivity index (χ2n) is 23.4. The number of H-pyrrole nitrogens is 1. The molecule has 0 saturated carbocycles. The SMILES string of the molecule is CC(=O)N1CCC[C@H]1C(=O)N1CCC[C@H]1C(=O)N[C@@H](Cc1cnc[nH]1)C(=O)N[C@@H](CCC(=O)O)C(=O)N[C@@H](CCCCN(CC(=O)O)CC(=O)O)C(=O)N[C@@H](CCCCNC(=O)COCCOCCNC(=O)CCCCCCCCCCCCCCC(=O)O)C(N)=O. The summed E-state index contributed by atoms with van der Waals surface area (Å²) >= 11 is 0. The molecule has 1 aromatic heterocycles. The number of aromatic nitrogens is 2. The van der Waals surface area contributed by atoms with Gasteiger partial charge in [0.25, 0.3) is 0 Å². The summed E-state index contributed by atoms with van der Waals surface area (Å²) in [6.45, 7) is 1.50. The Hall–Kier alpha value is -7.80. The number of hydrogen-bond acceptors (Lipinski definition) is 17. The number of hydrogen-bond donors (Lipinski definition) is 12. The number of primary amides is 1. The Kier molecular flexibility index (Phi) is 38.8. The number of likely N-dealkylation sites (tertiary alicyclic amines) is 2. The average Bonchev–Trinajstić information content (AvgIpc) is 1.64. The van der Waals surface area contributed by atoms with Gasteiger partial charge in [-0.25, -0.2) is 4.98 Å². The van der Waals surface area contributed by atoms with E-state index in [0.717, 1.165) is 56.3 Å². The maximum atomic E-state index is 14.3. The molecule has 0 bridgehead atoms. The van der Waals surface area contributed by atoms with Crippen LogP contribution >= 0.6 is 0 Å². The van der Waals surface area contributed by atoms with Gasteiger partial charge in [0.15, 0.2) is 0 Å². The highest BCUT2D eigenvalue weighted by molar-refractivity contribution is 5.97. The predicted octanol–water partition coefficient (Wildman–Crippen LogP) is 0.867. The first kappa shape index (κ1) is 78.4. The zero-order chi connectivity index (χ0) is 67.6. The van der Waals surface area contributed by atoms with Crippen molar-refractivity contribution in [3.05, 3.63) is 18.2 Å². The van der Waals surface area contributed by atoms with E-state index < -0.39 is 127 Å². The number of nitrogens with zero attached hydrogens (tertiary/aromatic N) is 4. The highest BCUT2D eigenvalue weighted by Crippen LogP contribution is 2.26. The molecule has 0 spiro atoms. The zero-order valence-corrected chi connectivity index (χ0v) is 53.3. The van der Waals surface area contributed by atoms with Crippen LogP contribution in [-0.4, -0.2) is 231 Å². The van der Waals surface area contributed by atoms with Crippen LogP contribution in [0.4, 0.5) is 0 Å². The maximum Gasteiger partial charge on any atom is 0.317 e. The molecule has 2 aliphatic heterocycles. The number of ether oxygens (including phenoxy) is 2. The van der Waals surface area contributed by atoms with E-state index in [-0.39, 0.29) is 109 Å². The van der Waals surface area contributed by atoms with E-state index >= 15 is 0 Å². The number of nitrogens with two attached hydrogens (primary N) is 1. The number of amides is 9. The number of carboxylic acids is 4. The van der Waals surface area contributed by atoms with Gasteiger partial charge in [0.1, 0.15) is 42.9 Å². The topological polar surface area (TPSA) is 458 Å². The minimum Gasteiger partial charge on any atom is -0.481 e. The number of carbonyl (C=O) groups excluding carboxylic acids is 9. The maximum absolute atomic E-state index is 14.3. The molecule has 0 unspecified atom stereocenters. The van der Waals surface area contributed by atoms with Crippen LogP contribution in [0.15, 0.2) is 12.5 Å². The van der Waals surface area contributed by atoms with Crippen LogP contribution in [0.25, 0.3) is 0 Å². The zero-order valence-electron chi connectivity index (χ0n) is 53.3. The first-order valence-electron chi connectivity index (χ1n) is 32.4. The van der Waals surface area contributed by atoms with Crippen LogP contribution in [0, 0.1) is 0 Å². The normalized spacial score (nSPS) is 15.8. The smallest absolute Gasteiger partial charge is 0.317 e. The second kappa shape index (κ2) is 45.5. The highest BCUT2D eigenvalue weighted by Gasteiger charge is 2.42.